The van der Waals surface area contributed by atoms with Gasteiger partial charge in [-0.3, -0.25) is 4.79 Å². The third-order valence-corrected chi connectivity index (χ3v) is 3.98. The minimum atomic E-state index is -0.189. The van der Waals surface area contributed by atoms with Crippen LogP contribution in [-0.2, 0) is 0 Å². The number of ketones is 1. The Morgan fingerprint density at radius 3 is 2.27 bits per heavy atom. The van der Waals surface area contributed by atoms with Crippen LogP contribution in [0.4, 0.5) is 0 Å². The van der Waals surface area contributed by atoms with Crippen molar-refractivity contribution in [1.82, 2.24) is 0 Å². The molecule has 0 N–H and O–H groups in total. The molecule has 0 fully saturated rings. The van der Waals surface area contributed by atoms with Gasteiger partial charge in [-0.25, -0.2) is 0 Å². The number of fused-ring (bicyclic) bond motifs is 1. The highest BCUT2D eigenvalue weighted by Crippen LogP contribution is 2.44. The number of rotatable bonds is 3. The standard InChI is InChI=1S/C16H11IN2O3/c1-21-13-5-10-11(6-14(13)22-2)16(20)12(7-17)15(10)9(8-19)3-4-18/h5-7H,3H2,1-2H3/b12-7+,15-9-. The molecule has 0 aliphatic heterocycles. The van der Waals surface area contributed by atoms with E-state index in [-0.39, 0.29) is 17.8 Å². The van der Waals surface area contributed by atoms with Crippen LogP contribution in [0.2, 0.25) is 0 Å². The first kappa shape index (κ1) is 16.1. The number of hydrogen-bond donors (Lipinski definition) is 0. The fourth-order valence-electron chi connectivity index (χ4n) is 2.37. The zero-order chi connectivity index (χ0) is 16.3. The Bertz CT molecular complexity index is 795. The number of ether oxygens (including phenoxy) is 2. The monoisotopic (exact) mass is 406 g/mol. The van der Waals surface area contributed by atoms with Crippen LogP contribution in [0.3, 0.4) is 0 Å². The Hall–Kier alpha value is -2.32. The van der Waals surface area contributed by atoms with Gasteiger partial charge in [0.25, 0.3) is 0 Å². The predicted octanol–water partition coefficient (Wildman–Crippen LogP) is 3.41. The normalized spacial score (nSPS) is 16.8. The highest BCUT2D eigenvalue weighted by molar-refractivity contribution is 14.1. The quantitative estimate of drug-likeness (QED) is 0.437. The summed E-state index contributed by atoms with van der Waals surface area (Å²) in [5.74, 6) is 0.726. The second kappa shape index (κ2) is 6.63. The number of nitriles is 2. The summed E-state index contributed by atoms with van der Waals surface area (Å²) in [7, 11) is 2.99. The Labute approximate surface area is 141 Å². The molecule has 0 saturated heterocycles. The van der Waals surface area contributed by atoms with Gasteiger partial charge < -0.3 is 9.47 Å². The molecule has 2 rings (SSSR count). The van der Waals surface area contributed by atoms with Crippen molar-refractivity contribution < 1.29 is 14.3 Å². The van der Waals surface area contributed by atoms with E-state index in [0.29, 0.717) is 33.8 Å². The number of halogens is 1. The van der Waals surface area contributed by atoms with Crippen molar-refractivity contribution in [2.24, 2.45) is 0 Å². The van der Waals surface area contributed by atoms with E-state index in [1.54, 1.807) is 16.2 Å². The summed E-state index contributed by atoms with van der Waals surface area (Å²) in [5.41, 5.74) is 2.22. The molecule has 0 atom stereocenters. The lowest BCUT2D eigenvalue weighted by Crippen LogP contribution is -1.97. The van der Waals surface area contributed by atoms with Crippen LogP contribution in [0, 0.1) is 22.7 Å². The molecule has 0 radical (unpaired) electrons. The number of benzene rings is 1. The molecule has 1 aromatic carbocycles. The third-order valence-electron chi connectivity index (χ3n) is 3.35. The van der Waals surface area contributed by atoms with Crippen molar-refractivity contribution in [3.63, 3.8) is 0 Å². The SMILES string of the molecule is COc1cc2c(cc1OC)C(=C(/C#N)CC#N)/C(=C\I)C2=O. The molecule has 110 valence electrons. The average molecular weight is 406 g/mol. The molecular weight excluding hydrogens is 395 g/mol. The van der Waals surface area contributed by atoms with Crippen LogP contribution in [0.15, 0.2) is 27.4 Å². The van der Waals surface area contributed by atoms with E-state index in [2.05, 4.69) is 0 Å². The number of methoxy groups -OCH3 is 2. The first-order valence-electron chi connectivity index (χ1n) is 6.24. The van der Waals surface area contributed by atoms with Gasteiger partial charge in [-0.1, -0.05) is 22.6 Å². The van der Waals surface area contributed by atoms with E-state index in [4.69, 9.17) is 14.7 Å². The number of nitrogens with zero attached hydrogens (tertiary/aromatic N) is 2. The smallest absolute Gasteiger partial charge is 0.194 e. The van der Waals surface area contributed by atoms with E-state index in [1.165, 1.54) is 14.2 Å². The third kappa shape index (κ3) is 2.46. The number of allylic oxidation sites excluding steroid dienone is 3. The molecule has 0 bridgehead atoms. The second-order valence-electron chi connectivity index (χ2n) is 4.40. The molecule has 6 heteroatoms. The van der Waals surface area contributed by atoms with Crippen molar-refractivity contribution in [1.29, 1.82) is 10.5 Å². The second-order valence-corrected chi connectivity index (χ2v) is 5.03. The molecule has 0 unspecified atom stereocenters. The molecule has 0 spiro atoms. The fraction of sp³-hybridized carbons (Fsp3) is 0.188. The summed E-state index contributed by atoms with van der Waals surface area (Å²) >= 11 is 1.96. The molecule has 5 nitrogen and oxygen atoms in total. The average Bonchev–Trinajstić information content (AvgIpc) is 2.82. The van der Waals surface area contributed by atoms with Crippen molar-refractivity contribution >= 4 is 33.9 Å². The van der Waals surface area contributed by atoms with E-state index < -0.39 is 0 Å². The molecule has 1 aliphatic rings. The summed E-state index contributed by atoms with van der Waals surface area (Å²) in [6.07, 6.45) is -0.0547. The maximum atomic E-state index is 12.5. The zero-order valence-electron chi connectivity index (χ0n) is 11.9. The maximum Gasteiger partial charge on any atom is 0.194 e. The lowest BCUT2D eigenvalue weighted by molar-refractivity contribution is 0.104. The highest BCUT2D eigenvalue weighted by atomic mass is 127. The van der Waals surface area contributed by atoms with Gasteiger partial charge in [0.15, 0.2) is 17.3 Å². The largest absolute Gasteiger partial charge is 0.493 e. The summed E-state index contributed by atoms with van der Waals surface area (Å²) in [6.45, 7) is 0. The van der Waals surface area contributed by atoms with Crippen molar-refractivity contribution in [2.45, 2.75) is 6.42 Å². The van der Waals surface area contributed by atoms with E-state index in [0.717, 1.165) is 0 Å². The van der Waals surface area contributed by atoms with Crippen LogP contribution in [-0.4, -0.2) is 20.0 Å². The lowest BCUT2D eigenvalue weighted by Gasteiger charge is -2.10. The summed E-state index contributed by atoms with van der Waals surface area (Å²) < 4.78 is 12.1. The number of carbonyl (C=O) groups is 1. The minimum absolute atomic E-state index is 0.0547. The van der Waals surface area contributed by atoms with E-state index in [9.17, 15) is 10.1 Å². The fourth-order valence-corrected chi connectivity index (χ4v) is 2.96. The van der Waals surface area contributed by atoms with Crippen LogP contribution in [0.1, 0.15) is 22.3 Å². The van der Waals surface area contributed by atoms with Gasteiger partial charge >= 0.3 is 0 Å². The Balaban J connectivity index is 2.84. The Morgan fingerprint density at radius 2 is 1.82 bits per heavy atom. The number of Topliss-reactive ketones (excluding diaryl/α,β-unsaturated/α-hetero) is 1. The number of hydrogen-bond acceptors (Lipinski definition) is 5. The van der Waals surface area contributed by atoms with Gasteiger partial charge in [0.1, 0.15) is 0 Å². The topological polar surface area (TPSA) is 83.1 Å². The van der Waals surface area contributed by atoms with Crippen molar-refractivity contribution in [3.8, 4) is 23.6 Å². The first-order chi connectivity index (χ1) is 10.6. The molecular formula is C16H11IN2O3. The molecule has 22 heavy (non-hydrogen) atoms. The first-order valence-corrected chi connectivity index (χ1v) is 7.49. The summed E-state index contributed by atoms with van der Waals surface area (Å²) in [5, 5.41) is 18.2. The van der Waals surface area contributed by atoms with Gasteiger partial charge in [-0.05, 0) is 21.8 Å². The predicted molar refractivity (Wildman–Crippen MR) is 88.7 cm³/mol. The van der Waals surface area contributed by atoms with Crippen molar-refractivity contribution in [2.75, 3.05) is 14.2 Å². The van der Waals surface area contributed by atoms with Gasteiger partial charge in [0.2, 0.25) is 0 Å². The van der Waals surface area contributed by atoms with Crippen molar-refractivity contribution in [3.05, 3.63) is 38.5 Å². The summed E-state index contributed by atoms with van der Waals surface area (Å²) in [4.78, 5) is 12.5. The maximum absolute atomic E-state index is 12.5. The number of carbonyl (C=O) groups excluding carboxylic acids is 1. The highest BCUT2D eigenvalue weighted by Gasteiger charge is 2.33. The van der Waals surface area contributed by atoms with Gasteiger partial charge in [-0.15, -0.1) is 0 Å². The zero-order valence-corrected chi connectivity index (χ0v) is 14.1. The van der Waals surface area contributed by atoms with Gasteiger partial charge in [0.05, 0.1) is 38.4 Å². The van der Waals surface area contributed by atoms with E-state index in [1.807, 2.05) is 34.7 Å². The molecule has 1 aliphatic carbocycles. The lowest BCUT2D eigenvalue weighted by atomic mass is 9.98. The van der Waals surface area contributed by atoms with Crippen LogP contribution in [0.5, 0.6) is 11.5 Å². The van der Waals surface area contributed by atoms with Gasteiger partial charge in [0, 0.05) is 16.7 Å². The minimum Gasteiger partial charge on any atom is -0.493 e. The van der Waals surface area contributed by atoms with Crippen LogP contribution in [0.25, 0.3) is 5.57 Å². The van der Waals surface area contributed by atoms with Crippen LogP contribution < -0.4 is 9.47 Å². The van der Waals surface area contributed by atoms with E-state index >= 15 is 0 Å². The molecule has 1 aromatic rings. The van der Waals surface area contributed by atoms with Crippen LogP contribution >= 0.6 is 22.6 Å². The van der Waals surface area contributed by atoms with Gasteiger partial charge in [-0.2, -0.15) is 10.5 Å². The Morgan fingerprint density at radius 1 is 1.23 bits per heavy atom. The summed E-state index contributed by atoms with van der Waals surface area (Å²) in [6, 6.07) is 7.26. The molecule has 0 heterocycles. The molecule has 0 amide bonds. The Kier molecular flexibility index (Phi) is 4.84. The molecule has 0 saturated carbocycles. The molecule has 0 aromatic heterocycles.